The van der Waals surface area contributed by atoms with Crippen LogP contribution in [0.5, 0.6) is 0 Å². The van der Waals surface area contributed by atoms with Gasteiger partial charge in [0.15, 0.2) is 12.4 Å². The molecule has 1 heterocycles. The van der Waals surface area contributed by atoms with Crippen molar-refractivity contribution in [2.24, 2.45) is 7.05 Å². The third kappa shape index (κ3) is 3.77. The van der Waals surface area contributed by atoms with Gasteiger partial charge in [0.25, 0.3) is 0 Å². The number of benzene rings is 1. The Balaban J connectivity index is 0.00000128. The van der Waals surface area contributed by atoms with Crippen molar-refractivity contribution in [1.29, 1.82) is 0 Å². The molecule has 82 valence electrons. The quantitative estimate of drug-likeness (QED) is 0.589. The number of pyridine rings is 1. The van der Waals surface area contributed by atoms with Gasteiger partial charge in [-0.25, -0.2) is 4.57 Å². The molecule has 0 saturated heterocycles. The van der Waals surface area contributed by atoms with E-state index in [0.717, 1.165) is 0 Å². The molecule has 2 aromatic rings. The molecule has 0 bridgehead atoms. The van der Waals surface area contributed by atoms with Gasteiger partial charge in [0.1, 0.15) is 7.05 Å². The zero-order chi connectivity index (χ0) is 10.5. The van der Waals surface area contributed by atoms with Crippen LogP contribution in [0, 0.1) is 0 Å². The highest BCUT2D eigenvalue weighted by atomic mass is 127. The lowest BCUT2D eigenvalue weighted by molar-refractivity contribution is -0.671. The predicted octanol–water partition coefficient (Wildman–Crippen LogP) is 3.30. The number of hydrogen-bond acceptors (Lipinski definition) is 0. The third-order valence-electron chi connectivity index (χ3n) is 2.23. The zero-order valence-electron chi connectivity index (χ0n) is 9.21. The van der Waals surface area contributed by atoms with Crippen molar-refractivity contribution in [2.45, 2.75) is 0 Å². The Hall–Kier alpha value is -1.16. The molecule has 2 heteroatoms. The molecule has 0 N–H and O–H groups in total. The van der Waals surface area contributed by atoms with Crippen molar-refractivity contribution in [3.8, 4) is 0 Å². The summed E-state index contributed by atoms with van der Waals surface area (Å²) in [6.07, 6.45) is 8.37. The van der Waals surface area contributed by atoms with Gasteiger partial charge < -0.3 is 0 Å². The van der Waals surface area contributed by atoms with Gasteiger partial charge in [-0.3, -0.25) is 0 Å². The topological polar surface area (TPSA) is 3.88 Å². The fourth-order valence-corrected chi connectivity index (χ4v) is 1.47. The van der Waals surface area contributed by atoms with Gasteiger partial charge in [-0.1, -0.05) is 36.4 Å². The van der Waals surface area contributed by atoms with Crippen LogP contribution in [0.25, 0.3) is 12.2 Å². The van der Waals surface area contributed by atoms with Crippen LogP contribution in [0.2, 0.25) is 0 Å². The molecule has 0 fully saturated rings. The van der Waals surface area contributed by atoms with Crippen LogP contribution < -0.4 is 4.57 Å². The first kappa shape index (κ1) is 12.9. The van der Waals surface area contributed by atoms with Crippen LogP contribution in [0.1, 0.15) is 11.1 Å². The minimum atomic E-state index is 0. The highest BCUT2D eigenvalue weighted by molar-refractivity contribution is 14.0. The first-order valence-corrected chi connectivity index (χ1v) is 5.03. The average molecular weight is 324 g/mol. The molecule has 0 aliphatic rings. The first-order valence-electron chi connectivity index (χ1n) is 5.03. The summed E-state index contributed by atoms with van der Waals surface area (Å²) in [4.78, 5) is 0. The van der Waals surface area contributed by atoms with E-state index in [2.05, 4.69) is 36.5 Å². The lowest BCUT2D eigenvalue weighted by atomic mass is 10.2. The molecule has 0 aliphatic carbocycles. The summed E-state index contributed by atoms with van der Waals surface area (Å²) < 4.78 is 2.05. The van der Waals surface area contributed by atoms with Gasteiger partial charge in [0.2, 0.25) is 0 Å². The van der Waals surface area contributed by atoms with E-state index >= 15 is 0 Å². The summed E-state index contributed by atoms with van der Waals surface area (Å²) in [5.41, 5.74) is 2.44. The average Bonchev–Trinajstić information content (AvgIpc) is 2.28. The maximum atomic E-state index is 2.12. The molecule has 0 saturated carbocycles. The number of aryl methyl sites for hydroxylation is 1. The minimum absolute atomic E-state index is 0. The number of nitrogens with zero attached hydrogens (tertiary/aromatic N) is 1. The highest BCUT2D eigenvalue weighted by Crippen LogP contribution is 2.05. The van der Waals surface area contributed by atoms with Crippen molar-refractivity contribution in [2.75, 3.05) is 0 Å². The van der Waals surface area contributed by atoms with Gasteiger partial charge in [-0.2, -0.15) is 0 Å². The lowest BCUT2D eigenvalue weighted by Crippen LogP contribution is -2.26. The molecule has 0 spiro atoms. The van der Waals surface area contributed by atoms with Gasteiger partial charge in [-0.05, 0) is 17.7 Å². The molecule has 0 atom stereocenters. The molecule has 1 aromatic carbocycles. The largest absolute Gasteiger partial charge is 0.207 e. The second-order valence-corrected chi connectivity index (χ2v) is 3.55. The van der Waals surface area contributed by atoms with E-state index in [-0.39, 0.29) is 24.0 Å². The van der Waals surface area contributed by atoms with Crippen LogP contribution in [0.3, 0.4) is 0 Å². The summed E-state index contributed by atoms with van der Waals surface area (Å²) in [7, 11) is 2.03. The van der Waals surface area contributed by atoms with Gasteiger partial charge in [-0.15, -0.1) is 24.0 Å². The van der Waals surface area contributed by atoms with Crippen LogP contribution in [0.4, 0.5) is 0 Å². The van der Waals surface area contributed by atoms with E-state index in [1.54, 1.807) is 0 Å². The fourth-order valence-electron chi connectivity index (χ4n) is 1.47. The standard InChI is InChI=1S/C14H14N.HI/c1-15-11-5-8-14(12-15)10-9-13-6-3-2-4-7-13;/h2-12H,1H3;1H/q+1;/b10-9+;. The Kier molecular flexibility index (Phi) is 5.19. The molecule has 0 radical (unpaired) electrons. The van der Waals surface area contributed by atoms with Crippen molar-refractivity contribution in [3.63, 3.8) is 0 Å². The van der Waals surface area contributed by atoms with Crippen LogP contribution in [0.15, 0.2) is 54.9 Å². The summed E-state index contributed by atoms with van der Waals surface area (Å²) in [5.74, 6) is 0. The smallest absolute Gasteiger partial charge is 0.175 e. The van der Waals surface area contributed by atoms with Crippen LogP contribution in [-0.2, 0) is 7.05 Å². The van der Waals surface area contributed by atoms with E-state index in [1.807, 2.05) is 42.1 Å². The maximum Gasteiger partial charge on any atom is 0.175 e. The molecule has 1 aromatic heterocycles. The summed E-state index contributed by atoms with van der Waals surface area (Å²) >= 11 is 0. The Morgan fingerprint density at radius 1 is 0.875 bits per heavy atom. The SMILES string of the molecule is C[n+]1cccc(/C=C/c2ccccc2)c1.I. The Bertz CT molecular complexity index is 463. The predicted molar refractivity (Wildman–Crippen MR) is 78.4 cm³/mol. The van der Waals surface area contributed by atoms with E-state index in [4.69, 9.17) is 0 Å². The van der Waals surface area contributed by atoms with Gasteiger partial charge in [0, 0.05) is 11.6 Å². The van der Waals surface area contributed by atoms with Crippen molar-refractivity contribution >= 4 is 36.1 Å². The Labute approximate surface area is 113 Å². The van der Waals surface area contributed by atoms with Gasteiger partial charge >= 0.3 is 0 Å². The Morgan fingerprint density at radius 3 is 2.19 bits per heavy atom. The third-order valence-corrected chi connectivity index (χ3v) is 2.23. The molecule has 0 aliphatic heterocycles. The molecule has 16 heavy (non-hydrogen) atoms. The van der Waals surface area contributed by atoms with Gasteiger partial charge in [0.05, 0.1) is 0 Å². The molecule has 0 amide bonds. The second kappa shape index (κ2) is 6.43. The van der Waals surface area contributed by atoms with Crippen molar-refractivity contribution in [3.05, 3.63) is 66.0 Å². The minimum Gasteiger partial charge on any atom is -0.207 e. The highest BCUT2D eigenvalue weighted by Gasteiger charge is 1.92. The fraction of sp³-hybridized carbons (Fsp3) is 0.0714. The number of aromatic nitrogens is 1. The second-order valence-electron chi connectivity index (χ2n) is 3.55. The molecular weight excluding hydrogens is 309 g/mol. The van der Waals surface area contributed by atoms with Crippen LogP contribution >= 0.6 is 24.0 Å². The normalized spacial score (nSPS) is 10.1. The first-order chi connectivity index (χ1) is 7.34. The van der Waals surface area contributed by atoms with E-state index in [9.17, 15) is 0 Å². The number of halogens is 1. The maximum absolute atomic E-state index is 2.12. The summed E-state index contributed by atoms with van der Waals surface area (Å²) in [6.45, 7) is 0. The van der Waals surface area contributed by atoms with Crippen LogP contribution in [-0.4, -0.2) is 0 Å². The zero-order valence-corrected chi connectivity index (χ0v) is 11.5. The molecule has 0 unspecified atom stereocenters. The van der Waals surface area contributed by atoms with E-state index in [0.29, 0.717) is 0 Å². The van der Waals surface area contributed by atoms with E-state index in [1.165, 1.54) is 11.1 Å². The number of hydrogen-bond donors (Lipinski definition) is 0. The molecule has 1 nitrogen and oxygen atoms in total. The summed E-state index contributed by atoms with van der Waals surface area (Å²) in [5, 5.41) is 0. The van der Waals surface area contributed by atoms with Crippen molar-refractivity contribution < 1.29 is 4.57 Å². The van der Waals surface area contributed by atoms with E-state index < -0.39 is 0 Å². The molecular formula is C14H15IN+. The monoisotopic (exact) mass is 324 g/mol. The number of rotatable bonds is 2. The Morgan fingerprint density at radius 2 is 1.50 bits per heavy atom. The molecule has 2 rings (SSSR count). The lowest BCUT2D eigenvalue weighted by Gasteiger charge is -1.92. The van der Waals surface area contributed by atoms with Crippen molar-refractivity contribution in [1.82, 2.24) is 0 Å². The summed E-state index contributed by atoms with van der Waals surface area (Å²) in [6, 6.07) is 14.5.